The Morgan fingerprint density at radius 1 is 0.929 bits per heavy atom. The molecule has 144 valence electrons. The molecule has 0 saturated heterocycles. The van der Waals surface area contributed by atoms with Crippen LogP contribution >= 0.6 is 11.6 Å². The molecule has 0 aliphatic rings. The number of sulfonamides is 1. The van der Waals surface area contributed by atoms with Crippen LogP contribution in [0.25, 0.3) is 0 Å². The van der Waals surface area contributed by atoms with Crippen molar-refractivity contribution < 1.29 is 13.2 Å². The number of carbonyl (C=O) groups is 1. The summed E-state index contributed by atoms with van der Waals surface area (Å²) in [7, 11) is -2.39. The van der Waals surface area contributed by atoms with Crippen LogP contribution in [0.5, 0.6) is 0 Å². The van der Waals surface area contributed by atoms with Gasteiger partial charge in [0.25, 0.3) is 15.9 Å². The molecule has 0 aromatic heterocycles. The van der Waals surface area contributed by atoms with E-state index in [1.807, 2.05) is 6.92 Å². The van der Waals surface area contributed by atoms with Gasteiger partial charge in [-0.25, -0.2) is 8.42 Å². The molecule has 3 rings (SSSR count). The normalized spacial score (nSPS) is 11.1. The third-order valence-electron chi connectivity index (χ3n) is 4.29. The molecule has 0 aliphatic heterocycles. The average molecular weight is 415 g/mol. The van der Waals surface area contributed by atoms with Gasteiger partial charge in [-0.3, -0.25) is 9.10 Å². The molecule has 0 fully saturated rings. The van der Waals surface area contributed by atoms with Gasteiger partial charge in [0, 0.05) is 7.05 Å². The Morgan fingerprint density at radius 3 is 2.21 bits per heavy atom. The van der Waals surface area contributed by atoms with Gasteiger partial charge >= 0.3 is 0 Å². The maximum absolute atomic E-state index is 13.0. The second-order valence-electron chi connectivity index (χ2n) is 6.24. The molecule has 0 heterocycles. The fourth-order valence-corrected chi connectivity index (χ4v) is 4.09. The van der Waals surface area contributed by atoms with E-state index in [9.17, 15) is 13.2 Å². The summed E-state index contributed by atoms with van der Waals surface area (Å²) in [4.78, 5) is 13.0. The number of para-hydroxylation sites is 2. The minimum atomic E-state index is -3.82. The van der Waals surface area contributed by atoms with E-state index < -0.39 is 15.9 Å². The molecule has 0 spiro atoms. The van der Waals surface area contributed by atoms with Crippen molar-refractivity contribution in [2.75, 3.05) is 16.7 Å². The van der Waals surface area contributed by atoms with Gasteiger partial charge in [-0.2, -0.15) is 0 Å². The monoisotopic (exact) mass is 414 g/mol. The fraction of sp³-hybridized carbons (Fsp3) is 0.0952. The molecule has 3 aromatic carbocycles. The van der Waals surface area contributed by atoms with Gasteiger partial charge in [-0.05, 0) is 43.3 Å². The van der Waals surface area contributed by atoms with Gasteiger partial charge in [0.2, 0.25) is 0 Å². The van der Waals surface area contributed by atoms with E-state index in [2.05, 4.69) is 5.32 Å². The predicted molar refractivity (Wildman–Crippen MR) is 113 cm³/mol. The Balaban J connectivity index is 1.96. The topological polar surface area (TPSA) is 66.5 Å². The number of rotatable bonds is 5. The van der Waals surface area contributed by atoms with Gasteiger partial charge in [0.05, 0.1) is 26.9 Å². The molecular formula is C21H19ClN2O3S. The lowest BCUT2D eigenvalue weighted by molar-refractivity contribution is 0.102. The molecule has 0 unspecified atom stereocenters. The van der Waals surface area contributed by atoms with E-state index in [0.717, 1.165) is 9.87 Å². The van der Waals surface area contributed by atoms with Crippen molar-refractivity contribution in [1.29, 1.82) is 0 Å². The Bertz CT molecular complexity index is 1110. The molecule has 28 heavy (non-hydrogen) atoms. The van der Waals surface area contributed by atoms with E-state index in [0.29, 0.717) is 10.7 Å². The number of amides is 1. The molecule has 5 nitrogen and oxygen atoms in total. The van der Waals surface area contributed by atoms with Crippen LogP contribution in [-0.4, -0.2) is 21.4 Å². The van der Waals surface area contributed by atoms with E-state index in [4.69, 9.17) is 11.6 Å². The maximum Gasteiger partial charge on any atom is 0.264 e. The number of nitrogens with one attached hydrogen (secondary N) is 1. The number of anilines is 2. The van der Waals surface area contributed by atoms with Crippen LogP contribution in [0, 0.1) is 6.92 Å². The summed E-state index contributed by atoms with van der Waals surface area (Å²) in [5.41, 5.74) is 1.90. The lowest BCUT2D eigenvalue weighted by Gasteiger charge is -2.22. The molecule has 0 atom stereocenters. The van der Waals surface area contributed by atoms with Crippen molar-refractivity contribution in [3.05, 3.63) is 88.9 Å². The summed E-state index contributed by atoms with van der Waals surface area (Å²) in [5, 5.41) is 3.13. The second kappa shape index (κ2) is 8.04. The Labute approximate surface area is 169 Å². The zero-order valence-corrected chi connectivity index (χ0v) is 17.0. The first-order valence-electron chi connectivity index (χ1n) is 8.51. The van der Waals surface area contributed by atoms with E-state index in [-0.39, 0.29) is 16.1 Å². The van der Waals surface area contributed by atoms with Crippen molar-refractivity contribution in [3.63, 3.8) is 0 Å². The summed E-state index contributed by atoms with van der Waals surface area (Å²) in [6, 6.07) is 19.9. The van der Waals surface area contributed by atoms with Crippen LogP contribution in [0.15, 0.2) is 77.7 Å². The van der Waals surface area contributed by atoms with Crippen molar-refractivity contribution in [3.8, 4) is 0 Å². The number of hydrogen-bond donors (Lipinski definition) is 1. The van der Waals surface area contributed by atoms with Gasteiger partial charge in [-0.1, -0.05) is 53.6 Å². The quantitative estimate of drug-likeness (QED) is 0.656. The predicted octanol–water partition coefficient (Wildman–Crippen LogP) is 4.73. The van der Waals surface area contributed by atoms with Crippen molar-refractivity contribution in [1.82, 2.24) is 0 Å². The molecule has 0 aliphatic carbocycles. The number of benzene rings is 3. The minimum absolute atomic E-state index is 0.155. The van der Waals surface area contributed by atoms with Gasteiger partial charge < -0.3 is 5.32 Å². The summed E-state index contributed by atoms with van der Waals surface area (Å²) in [6.45, 7) is 1.88. The molecule has 1 amide bonds. The average Bonchev–Trinajstić information content (AvgIpc) is 2.69. The SMILES string of the molecule is Cc1ccc(S(=O)(=O)N(C)c2ccccc2C(=O)Nc2ccccc2Cl)cc1. The molecule has 3 aromatic rings. The number of aryl methyl sites for hydroxylation is 1. The Hall–Kier alpha value is -2.83. The second-order valence-corrected chi connectivity index (χ2v) is 8.61. The number of carbonyl (C=O) groups excluding carboxylic acids is 1. The summed E-state index contributed by atoms with van der Waals surface area (Å²) < 4.78 is 27.1. The molecular weight excluding hydrogens is 396 g/mol. The zero-order valence-electron chi connectivity index (χ0n) is 15.4. The summed E-state index contributed by atoms with van der Waals surface area (Å²) in [6.07, 6.45) is 0. The summed E-state index contributed by atoms with van der Waals surface area (Å²) >= 11 is 6.10. The smallest absolute Gasteiger partial charge is 0.264 e. The van der Waals surface area contributed by atoms with Crippen LogP contribution in [0.1, 0.15) is 15.9 Å². The Morgan fingerprint density at radius 2 is 1.54 bits per heavy atom. The van der Waals surface area contributed by atoms with Crippen LogP contribution in [0.3, 0.4) is 0 Å². The van der Waals surface area contributed by atoms with E-state index in [1.165, 1.54) is 7.05 Å². The molecule has 0 radical (unpaired) electrons. The largest absolute Gasteiger partial charge is 0.321 e. The van der Waals surface area contributed by atoms with Crippen molar-refractivity contribution in [2.24, 2.45) is 0 Å². The Kier molecular flexibility index (Phi) is 5.72. The minimum Gasteiger partial charge on any atom is -0.321 e. The maximum atomic E-state index is 13.0. The van der Waals surface area contributed by atoms with Crippen LogP contribution in [-0.2, 0) is 10.0 Å². The van der Waals surface area contributed by atoms with Gasteiger partial charge in [-0.15, -0.1) is 0 Å². The lowest BCUT2D eigenvalue weighted by atomic mass is 10.1. The first kappa shape index (κ1) is 19.9. The zero-order chi connectivity index (χ0) is 20.3. The molecule has 0 saturated carbocycles. The highest BCUT2D eigenvalue weighted by atomic mass is 35.5. The number of hydrogen-bond acceptors (Lipinski definition) is 3. The fourth-order valence-electron chi connectivity index (χ4n) is 2.69. The van der Waals surface area contributed by atoms with E-state index in [1.54, 1.807) is 72.8 Å². The highest BCUT2D eigenvalue weighted by Crippen LogP contribution is 2.28. The third-order valence-corrected chi connectivity index (χ3v) is 6.40. The van der Waals surface area contributed by atoms with E-state index >= 15 is 0 Å². The van der Waals surface area contributed by atoms with Crippen molar-refractivity contribution in [2.45, 2.75) is 11.8 Å². The van der Waals surface area contributed by atoms with Crippen LogP contribution in [0.4, 0.5) is 11.4 Å². The summed E-state index contributed by atoms with van der Waals surface area (Å²) in [5.74, 6) is -0.449. The van der Waals surface area contributed by atoms with Gasteiger partial charge in [0.15, 0.2) is 0 Å². The number of halogens is 1. The number of nitrogens with zero attached hydrogens (tertiary/aromatic N) is 1. The van der Waals surface area contributed by atoms with Crippen molar-refractivity contribution >= 4 is 38.9 Å². The van der Waals surface area contributed by atoms with Crippen LogP contribution in [0.2, 0.25) is 5.02 Å². The molecule has 0 bridgehead atoms. The van der Waals surface area contributed by atoms with Gasteiger partial charge in [0.1, 0.15) is 0 Å². The standard InChI is InChI=1S/C21H19ClN2O3S/c1-15-11-13-16(14-12-15)28(26,27)24(2)20-10-6-3-7-17(20)21(25)23-19-9-5-4-8-18(19)22/h3-14H,1-2H3,(H,23,25). The molecule has 7 heteroatoms. The van der Waals surface area contributed by atoms with Crippen LogP contribution < -0.4 is 9.62 Å². The first-order chi connectivity index (χ1) is 13.3. The highest BCUT2D eigenvalue weighted by Gasteiger charge is 2.25. The lowest BCUT2D eigenvalue weighted by Crippen LogP contribution is -2.29. The third kappa shape index (κ3) is 4.03. The first-order valence-corrected chi connectivity index (χ1v) is 10.3. The highest BCUT2D eigenvalue weighted by molar-refractivity contribution is 7.92. The molecule has 1 N–H and O–H groups in total.